The van der Waals surface area contributed by atoms with Crippen LogP contribution in [0.4, 0.5) is 19.0 Å². The Balaban J connectivity index is 1.53. The number of nitrogens with zero attached hydrogens (tertiary/aromatic N) is 3. The number of halogens is 3. The van der Waals surface area contributed by atoms with Crippen LogP contribution in [0.15, 0.2) is 0 Å². The van der Waals surface area contributed by atoms with Gasteiger partial charge in [0.15, 0.2) is 0 Å². The van der Waals surface area contributed by atoms with Crippen molar-refractivity contribution in [3.8, 4) is 0 Å². The molecule has 4 nitrogen and oxygen atoms in total. The van der Waals surface area contributed by atoms with Crippen LogP contribution < -0.4 is 5.32 Å². The first-order valence-electron chi connectivity index (χ1n) is 8.80. The lowest BCUT2D eigenvalue weighted by Crippen LogP contribution is -2.41. The van der Waals surface area contributed by atoms with E-state index in [4.69, 9.17) is 0 Å². The molecule has 1 N–H and O–H groups in total. The lowest BCUT2D eigenvalue weighted by molar-refractivity contribution is -0.148. The van der Waals surface area contributed by atoms with Gasteiger partial charge in [-0.2, -0.15) is 13.2 Å². The average molecular weight is 342 g/mol. The van der Waals surface area contributed by atoms with Crippen molar-refractivity contribution in [3.63, 3.8) is 0 Å². The average Bonchev–Trinajstić information content (AvgIpc) is 2.52. The van der Waals surface area contributed by atoms with Crippen LogP contribution in [0.2, 0.25) is 0 Å². The van der Waals surface area contributed by atoms with Gasteiger partial charge in [0.1, 0.15) is 11.6 Å². The molecule has 134 valence electrons. The molecule has 1 saturated heterocycles. The number of nitrogens with one attached hydrogen (secondary N) is 1. The van der Waals surface area contributed by atoms with Gasteiger partial charge in [-0.05, 0) is 64.5 Å². The summed E-state index contributed by atoms with van der Waals surface area (Å²) in [6, 6.07) is 0. The van der Waals surface area contributed by atoms with E-state index in [2.05, 4.69) is 15.3 Å². The summed E-state index contributed by atoms with van der Waals surface area (Å²) in [5.74, 6) is 2.14. The van der Waals surface area contributed by atoms with Gasteiger partial charge in [-0.25, -0.2) is 9.97 Å². The molecule has 2 aliphatic rings. The fourth-order valence-electron chi connectivity index (χ4n) is 3.71. The summed E-state index contributed by atoms with van der Waals surface area (Å²) in [4.78, 5) is 10.6. The number of anilines is 1. The topological polar surface area (TPSA) is 41.1 Å². The first-order chi connectivity index (χ1) is 11.4. The highest BCUT2D eigenvalue weighted by Crippen LogP contribution is 2.27. The van der Waals surface area contributed by atoms with Crippen molar-refractivity contribution in [2.24, 2.45) is 5.92 Å². The fraction of sp³-hybridized carbons (Fsp3) is 0.765. The molecular formula is C17H25F3N4. The number of likely N-dealkylation sites (tertiary alicyclic amines) is 1. The van der Waals surface area contributed by atoms with E-state index in [1.807, 2.05) is 6.92 Å². The van der Waals surface area contributed by atoms with Gasteiger partial charge in [-0.15, -0.1) is 0 Å². The van der Waals surface area contributed by atoms with Gasteiger partial charge in [0.2, 0.25) is 0 Å². The number of piperidine rings is 1. The molecule has 0 unspecified atom stereocenters. The van der Waals surface area contributed by atoms with Gasteiger partial charge in [-0.3, -0.25) is 4.90 Å². The molecule has 0 aromatic carbocycles. The normalized spacial score (nSPS) is 20.0. The van der Waals surface area contributed by atoms with Crippen LogP contribution in [0.3, 0.4) is 0 Å². The third-order valence-corrected chi connectivity index (χ3v) is 4.96. The molecule has 7 heteroatoms. The molecule has 1 fully saturated rings. The predicted octanol–water partition coefficient (Wildman–Crippen LogP) is 3.35. The number of hydrogen-bond acceptors (Lipinski definition) is 4. The Labute approximate surface area is 140 Å². The van der Waals surface area contributed by atoms with E-state index in [1.165, 1.54) is 23.3 Å². The number of hydrogen-bond donors (Lipinski definition) is 1. The number of rotatable bonds is 4. The molecule has 24 heavy (non-hydrogen) atoms. The van der Waals surface area contributed by atoms with Crippen LogP contribution in [-0.2, 0) is 12.8 Å². The number of aryl methyl sites for hydroxylation is 2. The third-order valence-electron chi connectivity index (χ3n) is 4.96. The Bertz CT molecular complexity index is 566. The monoisotopic (exact) mass is 342 g/mol. The number of aromatic nitrogens is 2. The Hall–Kier alpha value is -1.37. The second-order valence-electron chi connectivity index (χ2n) is 6.97. The predicted molar refractivity (Wildman–Crippen MR) is 87.1 cm³/mol. The molecule has 0 bridgehead atoms. The SMILES string of the molecule is Cc1nc2c(c(NCC3CCN(CC(F)(F)F)CC3)n1)CCCC2. The van der Waals surface area contributed by atoms with E-state index in [1.54, 1.807) is 0 Å². The van der Waals surface area contributed by atoms with Crippen molar-refractivity contribution in [2.75, 3.05) is 31.5 Å². The fourth-order valence-corrected chi connectivity index (χ4v) is 3.71. The summed E-state index contributed by atoms with van der Waals surface area (Å²) < 4.78 is 37.3. The number of alkyl halides is 3. The van der Waals surface area contributed by atoms with E-state index >= 15 is 0 Å². The zero-order valence-electron chi connectivity index (χ0n) is 14.1. The summed E-state index contributed by atoms with van der Waals surface area (Å²) >= 11 is 0. The van der Waals surface area contributed by atoms with Gasteiger partial charge < -0.3 is 5.32 Å². The van der Waals surface area contributed by atoms with Gasteiger partial charge >= 0.3 is 6.18 Å². The zero-order chi connectivity index (χ0) is 17.2. The van der Waals surface area contributed by atoms with Gasteiger partial charge in [-0.1, -0.05) is 0 Å². The second kappa shape index (κ2) is 7.25. The van der Waals surface area contributed by atoms with Crippen LogP contribution in [0.25, 0.3) is 0 Å². The second-order valence-corrected chi connectivity index (χ2v) is 6.97. The highest BCUT2D eigenvalue weighted by molar-refractivity contribution is 5.47. The van der Waals surface area contributed by atoms with E-state index in [0.29, 0.717) is 19.0 Å². The Morgan fingerprint density at radius 3 is 2.54 bits per heavy atom. The summed E-state index contributed by atoms with van der Waals surface area (Å²) in [6.45, 7) is 2.95. The van der Waals surface area contributed by atoms with Crippen LogP contribution in [0.1, 0.15) is 42.8 Å². The van der Waals surface area contributed by atoms with E-state index in [0.717, 1.165) is 49.6 Å². The van der Waals surface area contributed by atoms with E-state index in [9.17, 15) is 13.2 Å². The quantitative estimate of drug-likeness (QED) is 0.911. The molecular weight excluding hydrogens is 317 g/mol. The minimum Gasteiger partial charge on any atom is -0.369 e. The summed E-state index contributed by atoms with van der Waals surface area (Å²) in [7, 11) is 0. The van der Waals surface area contributed by atoms with Crippen LogP contribution >= 0.6 is 0 Å². The van der Waals surface area contributed by atoms with Crippen LogP contribution in [-0.4, -0.2) is 47.2 Å². The lowest BCUT2D eigenvalue weighted by atomic mass is 9.95. The molecule has 1 aliphatic carbocycles. The summed E-state index contributed by atoms with van der Waals surface area (Å²) in [5.41, 5.74) is 2.40. The first-order valence-corrected chi connectivity index (χ1v) is 8.80. The standard InChI is InChI=1S/C17H25F3N4/c1-12-22-15-5-3-2-4-14(15)16(23-12)21-10-13-6-8-24(9-7-13)11-17(18,19)20/h13H,2-11H2,1H3,(H,21,22,23). The van der Waals surface area contributed by atoms with Crippen molar-refractivity contribution in [2.45, 2.75) is 51.6 Å². The maximum absolute atomic E-state index is 12.4. The molecule has 0 saturated carbocycles. The minimum atomic E-state index is -4.09. The minimum absolute atomic E-state index is 0.406. The smallest absolute Gasteiger partial charge is 0.369 e. The van der Waals surface area contributed by atoms with Crippen molar-refractivity contribution >= 4 is 5.82 Å². The molecule has 2 heterocycles. The van der Waals surface area contributed by atoms with Gasteiger partial charge in [0.05, 0.1) is 6.54 Å². The zero-order valence-corrected chi connectivity index (χ0v) is 14.1. The number of fused-ring (bicyclic) bond motifs is 1. The van der Waals surface area contributed by atoms with Crippen LogP contribution in [0.5, 0.6) is 0 Å². The Morgan fingerprint density at radius 1 is 1.12 bits per heavy atom. The van der Waals surface area contributed by atoms with Gasteiger partial charge in [0.25, 0.3) is 0 Å². The van der Waals surface area contributed by atoms with Crippen LogP contribution in [0, 0.1) is 12.8 Å². The molecule has 3 rings (SSSR count). The highest BCUT2D eigenvalue weighted by Gasteiger charge is 2.32. The third kappa shape index (κ3) is 4.59. The lowest BCUT2D eigenvalue weighted by Gasteiger charge is -2.32. The Kier molecular flexibility index (Phi) is 5.27. The molecule has 1 aromatic heterocycles. The summed E-state index contributed by atoms with van der Waals surface area (Å²) in [5, 5.41) is 3.45. The maximum Gasteiger partial charge on any atom is 0.401 e. The molecule has 0 radical (unpaired) electrons. The molecule has 0 amide bonds. The Morgan fingerprint density at radius 2 is 1.83 bits per heavy atom. The molecule has 0 atom stereocenters. The maximum atomic E-state index is 12.4. The van der Waals surface area contributed by atoms with Crippen molar-refractivity contribution in [1.82, 2.24) is 14.9 Å². The summed E-state index contributed by atoms with van der Waals surface area (Å²) in [6.07, 6.45) is 1.89. The largest absolute Gasteiger partial charge is 0.401 e. The van der Waals surface area contributed by atoms with Gasteiger partial charge in [0, 0.05) is 17.8 Å². The molecule has 1 aromatic rings. The van der Waals surface area contributed by atoms with Crippen molar-refractivity contribution in [3.05, 3.63) is 17.1 Å². The molecule has 1 aliphatic heterocycles. The van der Waals surface area contributed by atoms with Crippen molar-refractivity contribution < 1.29 is 13.2 Å². The highest BCUT2D eigenvalue weighted by atomic mass is 19.4. The van der Waals surface area contributed by atoms with E-state index in [-0.39, 0.29) is 0 Å². The van der Waals surface area contributed by atoms with Crippen molar-refractivity contribution in [1.29, 1.82) is 0 Å². The molecule has 0 spiro atoms. The first kappa shape index (κ1) is 17.5. The van der Waals surface area contributed by atoms with E-state index < -0.39 is 12.7 Å².